The highest BCUT2D eigenvalue weighted by Crippen LogP contribution is 2.30. The van der Waals surface area contributed by atoms with Crippen LogP contribution in [0.2, 0.25) is 5.02 Å². The molecule has 0 radical (unpaired) electrons. The minimum atomic E-state index is -0.156. The maximum absolute atomic E-state index is 12.0. The third kappa shape index (κ3) is 3.19. The van der Waals surface area contributed by atoms with Gasteiger partial charge in [-0.1, -0.05) is 54.1 Å². The maximum atomic E-state index is 12.0. The topological polar surface area (TPSA) is 41.1 Å². The summed E-state index contributed by atoms with van der Waals surface area (Å²) in [5.41, 5.74) is 3.47. The number of benzene rings is 2. The lowest BCUT2D eigenvalue weighted by atomic mass is 10.1. The molecule has 0 saturated heterocycles. The normalized spacial score (nSPS) is 16.3. The van der Waals surface area contributed by atoms with Crippen molar-refractivity contribution in [3.05, 3.63) is 70.2 Å². The number of halogens is 1. The fourth-order valence-corrected chi connectivity index (χ4v) is 2.94. The van der Waals surface area contributed by atoms with Crippen LogP contribution in [0.1, 0.15) is 29.2 Å². The Hall–Kier alpha value is -2.00. The highest BCUT2D eigenvalue weighted by molar-refractivity contribution is 6.31. The molecule has 0 aliphatic heterocycles. The van der Waals surface area contributed by atoms with E-state index in [1.807, 2.05) is 36.4 Å². The van der Waals surface area contributed by atoms with Crippen molar-refractivity contribution >= 4 is 17.6 Å². The summed E-state index contributed by atoms with van der Waals surface area (Å²) in [6.07, 6.45) is 1.98. The number of carbonyl (C=O) groups excluding carboxylic acids is 1. The Labute approximate surface area is 129 Å². The molecule has 2 aromatic carbocycles. The van der Waals surface area contributed by atoms with Gasteiger partial charge in [-0.25, -0.2) is 4.79 Å². The smallest absolute Gasteiger partial charge is 0.315 e. The summed E-state index contributed by atoms with van der Waals surface area (Å²) in [6, 6.07) is 15.7. The first-order chi connectivity index (χ1) is 10.2. The Balaban J connectivity index is 1.57. The van der Waals surface area contributed by atoms with Gasteiger partial charge in [0.05, 0.1) is 6.04 Å². The van der Waals surface area contributed by atoms with Gasteiger partial charge in [-0.05, 0) is 35.6 Å². The van der Waals surface area contributed by atoms with Gasteiger partial charge in [-0.2, -0.15) is 0 Å². The molecule has 2 N–H and O–H groups in total. The monoisotopic (exact) mass is 300 g/mol. The van der Waals surface area contributed by atoms with Crippen molar-refractivity contribution in [2.24, 2.45) is 0 Å². The predicted octanol–water partition coefficient (Wildman–Crippen LogP) is 3.83. The van der Waals surface area contributed by atoms with E-state index in [-0.39, 0.29) is 12.1 Å². The van der Waals surface area contributed by atoms with Crippen LogP contribution >= 0.6 is 11.6 Å². The van der Waals surface area contributed by atoms with E-state index in [9.17, 15) is 4.79 Å². The van der Waals surface area contributed by atoms with E-state index >= 15 is 0 Å². The molecule has 4 heteroatoms. The molecule has 0 aromatic heterocycles. The van der Waals surface area contributed by atoms with Crippen molar-refractivity contribution in [1.29, 1.82) is 0 Å². The van der Waals surface area contributed by atoms with Crippen LogP contribution in [0.15, 0.2) is 48.5 Å². The number of amides is 2. The summed E-state index contributed by atoms with van der Waals surface area (Å²) < 4.78 is 0. The van der Waals surface area contributed by atoms with Crippen molar-refractivity contribution in [3.63, 3.8) is 0 Å². The van der Waals surface area contributed by atoms with E-state index < -0.39 is 0 Å². The lowest BCUT2D eigenvalue weighted by Crippen LogP contribution is -2.36. The number of carbonyl (C=O) groups is 1. The Kier molecular flexibility index (Phi) is 4.11. The number of fused-ring (bicyclic) bond motifs is 1. The highest BCUT2D eigenvalue weighted by Gasteiger charge is 2.23. The molecule has 2 amide bonds. The second-order valence-corrected chi connectivity index (χ2v) is 5.62. The zero-order valence-corrected chi connectivity index (χ0v) is 12.4. The van der Waals surface area contributed by atoms with Crippen molar-refractivity contribution in [1.82, 2.24) is 10.6 Å². The average molecular weight is 301 g/mol. The number of nitrogens with one attached hydrogen (secondary N) is 2. The van der Waals surface area contributed by atoms with Gasteiger partial charge in [0, 0.05) is 11.6 Å². The molecule has 0 spiro atoms. The van der Waals surface area contributed by atoms with E-state index in [4.69, 9.17) is 11.6 Å². The highest BCUT2D eigenvalue weighted by atomic mass is 35.5. The van der Waals surface area contributed by atoms with Crippen LogP contribution < -0.4 is 10.6 Å². The van der Waals surface area contributed by atoms with Gasteiger partial charge >= 0.3 is 6.03 Å². The molecule has 3 nitrogen and oxygen atoms in total. The number of urea groups is 1. The van der Waals surface area contributed by atoms with E-state index in [1.54, 1.807) is 0 Å². The third-order valence-corrected chi connectivity index (χ3v) is 4.20. The number of hydrogen-bond donors (Lipinski definition) is 2. The van der Waals surface area contributed by atoms with Crippen LogP contribution in [0.4, 0.5) is 4.79 Å². The lowest BCUT2D eigenvalue weighted by Gasteiger charge is -2.15. The molecule has 1 aliphatic carbocycles. The minimum Gasteiger partial charge on any atom is -0.334 e. The Bertz CT molecular complexity index is 657. The van der Waals surface area contributed by atoms with Gasteiger partial charge in [-0.3, -0.25) is 0 Å². The fourth-order valence-electron chi connectivity index (χ4n) is 2.73. The van der Waals surface area contributed by atoms with Gasteiger partial charge in [-0.15, -0.1) is 0 Å². The molecule has 3 rings (SSSR count). The van der Waals surface area contributed by atoms with Gasteiger partial charge < -0.3 is 10.6 Å². The molecule has 2 aromatic rings. The van der Waals surface area contributed by atoms with Crippen molar-refractivity contribution in [2.75, 3.05) is 0 Å². The first kappa shape index (κ1) is 14.0. The summed E-state index contributed by atoms with van der Waals surface area (Å²) in [5, 5.41) is 6.57. The first-order valence-corrected chi connectivity index (χ1v) is 7.47. The molecule has 0 bridgehead atoms. The molecular weight excluding hydrogens is 284 g/mol. The van der Waals surface area contributed by atoms with Gasteiger partial charge in [0.15, 0.2) is 0 Å². The van der Waals surface area contributed by atoms with E-state index in [2.05, 4.69) is 22.8 Å². The quantitative estimate of drug-likeness (QED) is 0.889. The lowest BCUT2D eigenvalue weighted by molar-refractivity contribution is 0.236. The number of hydrogen-bond acceptors (Lipinski definition) is 1. The summed E-state index contributed by atoms with van der Waals surface area (Å²) in [5.74, 6) is 0. The summed E-state index contributed by atoms with van der Waals surface area (Å²) in [4.78, 5) is 12.0. The first-order valence-electron chi connectivity index (χ1n) is 7.09. The SMILES string of the molecule is O=C(NCc1ccccc1Cl)NC1CCc2ccccc21. The zero-order valence-electron chi connectivity index (χ0n) is 11.6. The van der Waals surface area contributed by atoms with E-state index in [0.29, 0.717) is 11.6 Å². The van der Waals surface area contributed by atoms with Crippen molar-refractivity contribution < 1.29 is 4.79 Å². The fraction of sp³-hybridized carbons (Fsp3) is 0.235. The molecular formula is C17H17ClN2O. The predicted molar refractivity (Wildman–Crippen MR) is 84.3 cm³/mol. The number of rotatable bonds is 3. The maximum Gasteiger partial charge on any atom is 0.315 e. The van der Waals surface area contributed by atoms with Gasteiger partial charge in [0.25, 0.3) is 0 Å². The largest absolute Gasteiger partial charge is 0.334 e. The second-order valence-electron chi connectivity index (χ2n) is 5.21. The molecule has 0 fully saturated rings. The molecule has 21 heavy (non-hydrogen) atoms. The number of aryl methyl sites for hydroxylation is 1. The molecule has 0 saturated carbocycles. The zero-order chi connectivity index (χ0) is 14.7. The van der Waals surface area contributed by atoms with Crippen LogP contribution in [0.3, 0.4) is 0 Å². The van der Waals surface area contributed by atoms with Crippen molar-refractivity contribution in [2.45, 2.75) is 25.4 Å². The molecule has 1 atom stereocenters. The minimum absolute atomic E-state index is 0.104. The van der Waals surface area contributed by atoms with Crippen LogP contribution in [0.5, 0.6) is 0 Å². The summed E-state index contributed by atoms with van der Waals surface area (Å²) >= 11 is 6.07. The molecule has 1 aliphatic rings. The van der Waals surface area contributed by atoms with Crippen LogP contribution in [-0.2, 0) is 13.0 Å². The Morgan fingerprint density at radius 3 is 2.76 bits per heavy atom. The Morgan fingerprint density at radius 1 is 1.14 bits per heavy atom. The van der Waals surface area contributed by atoms with Crippen LogP contribution in [0.25, 0.3) is 0 Å². The second kappa shape index (κ2) is 6.19. The molecule has 0 heterocycles. The average Bonchev–Trinajstić information content (AvgIpc) is 2.90. The standard InChI is InChI=1S/C17H17ClN2O/c18-15-8-4-2-6-13(15)11-19-17(21)20-16-10-9-12-5-1-3-7-14(12)16/h1-8,16H,9-11H2,(H2,19,20,21). The summed E-state index contributed by atoms with van der Waals surface area (Å²) in [7, 11) is 0. The molecule has 108 valence electrons. The molecule has 1 unspecified atom stereocenters. The van der Waals surface area contributed by atoms with E-state index in [1.165, 1.54) is 11.1 Å². The van der Waals surface area contributed by atoms with Crippen LogP contribution in [-0.4, -0.2) is 6.03 Å². The third-order valence-electron chi connectivity index (χ3n) is 3.84. The summed E-state index contributed by atoms with van der Waals surface area (Å²) in [6.45, 7) is 0.430. The van der Waals surface area contributed by atoms with Gasteiger partial charge in [0.1, 0.15) is 0 Å². The van der Waals surface area contributed by atoms with Crippen molar-refractivity contribution in [3.8, 4) is 0 Å². The van der Waals surface area contributed by atoms with Gasteiger partial charge in [0.2, 0.25) is 0 Å². The van der Waals surface area contributed by atoms with E-state index in [0.717, 1.165) is 18.4 Å². The van der Waals surface area contributed by atoms with Crippen LogP contribution in [0, 0.1) is 0 Å². The Morgan fingerprint density at radius 2 is 1.90 bits per heavy atom.